The van der Waals surface area contributed by atoms with Crippen LogP contribution >= 0.6 is 0 Å². The van der Waals surface area contributed by atoms with Gasteiger partial charge in [0.2, 0.25) is 0 Å². The van der Waals surface area contributed by atoms with Crippen molar-refractivity contribution in [3.63, 3.8) is 0 Å². The van der Waals surface area contributed by atoms with E-state index in [9.17, 15) is 24.8 Å². The van der Waals surface area contributed by atoms with Gasteiger partial charge in [0.05, 0.1) is 41.3 Å². The van der Waals surface area contributed by atoms with E-state index in [2.05, 4.69) is 5.32 Å². The first-order chi connectivity index (χ1) is 13.2. The molecule has 0 atom stereocenters. The summed E-state index contributed by atoms with van der Waals surface area (Å²) in [7, 11) is 0. The first kappa shape index (κ1) is 20.9. The normalized spacial score (nSPS) is 14.6. The van der Waals surface area contributed by atoms with Crippen molar-refractivity contribution in [2.45, 2.75) is 33.6 Å². The SMILES string of the molecule is CCOC(=O)C1=C(C)NC(C)=C(C(=O)OCC)C1c1ccc([N+](=O)[O-])cc1O. The Labute approximate surface area is 161 Å². The summed E-state index contributed by atoms with van der Waals surface area (Å²) in [5.41, 5.74) is 1.00. The van der Waals surface area contributed by atoms with E-state index in [0.717, 1.165) is 6.07 Å². The Hall–Kier alpha value is -3.36. The van der Waals surface area contributed by atoms with Crippen LogP contribution in [0.15, 0.2) is 40.7 Å². The van der Waals surface area contributed by atoms with Gasteiger partial charge in [0.15, 0.2) is 0 Å². The lowest BCUT2D eigenvalue weighted by Crippen LogP contribution is -2.32. The number of allylic oxidation sites excluding steroid dienone is 2. The summed E-state index contributed by atoms with van der Waals surface area (Å²) in [6, 6.07) is 3.50. The van der Waals surface area contributed by atoms with Crippen molar-refractivity contribution in [1.82, 2.24) is 5.32 Å². The quantitative estimate of drug-likeness (QED) is 0.431. The van der Waals surface area contributed by atoms with E-state index in [4.69, 9.17) is 9.47 Å². The minimum Gasteiger partial charge on any atom is -0.507 e. The molecule has 0 unspecified atom stereocenters. The van der Waals surface area contributed by atoms with Crippen LogP contribution in [0.2, 0.25) is 0 Å². The van der Waals surface area contributed by atoms with Crippen LogP contribution in [0.25, 0.3) is 0 Å². The van der Waals surface area contributed by atoms with Gasteiger partial charge in [-0.25, -0.2) is 9.59 Å². The number of dihydropyridines is 1. The highest BCUT2D eigenvalue weighted by Gasteiger charge is 2.39. The first-order valence-corrected chi connectivity index (χ1v) is 8.72. The van der Waals surface area contributed by atoms with E-state index in [-0.39, 0.29) is 35.6 Å². The Morgan fingerprint density at radius 2 is 1.61 bits per heavy atom. The number of ether oxygens (including phenoxy) is 2. The summed E-state index contributed by atoms with van der Waals surface area (Å²) in [6.07, 6.45) is 0. The number of esters is 2. The van der Waals surface area contributed by atoms with E-state index in [1.807, 2.05) is 0 Å². The molecule has 1 aliphatic heterocycles. The van der Waals surface area contributed by atoms with Crippen molar-refractivity contribution in [3.8, 4) is 5.75 Å². The van der Waals surface area contributed by atoms with Crippen LogP contribution in [-0.2, 0) is 19.1 Å². The molecule has 2 N–H and O–H groups in total. The summed E-state index contributed by atoms with van der Waals surface area (Å²) in [5, 5.41) is 24.4. The number of rotatable bonds is 6. The van der Waals surface area contributed by atoms with Gasteiger partial charge < -0.3 is 19.9 Å². The van der Waals surface area contributed by atoms with E-state index >= 15 is 0 Å². The molecule has 1 aromatic rings. The third-order valence-corrected chi connectivity index (χ3v) is 4.29. The minimum atomic E-state index is -1.000. The molecule has 0 fully saturated rings. The number of nitrogens with zero attached hydrogens (tertiary/aromatic N) is 1. The fourth-order valence-electron chi connectivity index (χ4n) is 3.15. The maximum atomic E-state index is 12.6. The number of benzene rings is 1. The number of phenolic OH excluding ortho intramolecular Hbond substituents is 1. The van der Waals surface area contributed by atoms with Gasteiger partial charge in [0.25, 0.3) is 5.69 Å². The average molecular weight is 390 g/mol. The molecule has 0 aliphatic carbocycles. The molecule has 150 valence electrons. The molecule has 0 bridgehead atoms. The molecule has 28 heavy (non-hydrogen) atoms. The van der Waals surface area contributed by atoms with Crippen LogP contribution in [0.5, 0.6) is 5.75 Å². The van der Waals surface area contributed by atoms with Crippen LogP contribution in [0, 0.1) is 10.1 Å². The highest BCUT2D eigenvalue weighted by molar-refractivity contribution is 6.00. The topological polar surface area (TPSA) is 128 Å². The molecule has 1 heterocycles. The number of carbonyl (C=O) groups excluding carboxylic acids is 2. The predicted octanol–water partition coefficient (Wildman–Crippen LogP) is 2.66. The molecule has 0 radical (unpaired) electrons. The standard InChI is InChI=1S/C19H22N2O7/c1-5-27-18(23)15-10(3)20-11(4)16(19(24)28-6-2)17(15)13-8-7-12(21(25)26)9-14(13)22/h7-9,17,20,22H,5-6H2,1-4H3. The molecule has 1 aliphatic rings. The zero-order chi connectivity index (χ0) is 21.0. The van der Waals surface area contributed by atoms with Crippen molar-refractivity contribution in [2.24, 2.45) is 0 Å². The van der Waals surface area contributed by atoms with Crippen molar-refractivity contribution in [3.05, 3.63) is 56.4 Å². The van der Waals surface area contributed by atoms with Crippen LogP contribution in [0.3, 0.4) is 0 Å². The van der Waals surface area contributed by atoms with Crippen molar-refractivity contribution >= 4 is 17.6 Å². The summed E-state index contributed by atoms with van der Waals surface area (Å²) in [6.45, 7) is 6.82. The van der Waals surface area contributed by atoms with E-state index in [1.165, 1.54) is 12.1 Å². The largest absolute Gasteiger partial charge is 0.507 e. The molecular weight excluding hydrogens is 368 g/mol. The summed E-state index contributed by atoms with van der Waals surface area (Å²) in [4.78, 5) is 35.6. The summed E-state index contributed by atoms with van der Waals surface area (Å²) < 4.78 is 10.3. The Morgan fingerprint density at radius 3 is 2.00 bits per heavy atom. The number of carbonyl (C=O) groups is 2. The molecule has 9 nitrogen and oxygen atoms in total. The Balaban J connectivity index is 2.71. The highest BCUT2D eigenvalue weighted by atomic mass is 16.6. The van der Waals surface area contributed by atoms with Crippen LogP contribution in [0.4, 0.5) is 5.69 Å². The highest BCUT2D eigenvalue weighted by Crippen LogP contribution is 2.43. The second-order valence-corrected chi connectivity index (χ2v) is 6.08. The lowest BCUT2D eigenvalue weighted by Gasteiger charge is -2.30. The molecule has 0 saturated carbocycles. The third kappa shape index (κ3) is 3.98. The first-order valence-electron chi connectivity index (χ1n) is 8.72. The van der Waals surface area contributed by atoms with Crippen LogP contribution in [-0.4, -0.2) is 35.2 Å². The number of nitrogens with one attached hydrogen (secondary N) is 1. The molecule has 0 aromatic heterocycles. The van der Waals surface area contributed by atoms with Crippen molar-refractivity contribution in [1.29, 1.82) is 0 Å². The van der Waals surface area contributed by atoms with E-state index in [1.54, 1.807) is 27.7 Å². The molecular formula is C19H22N2O7. The van der Waals surface area contributed by atoms with Crippen LogP contribution in [0.1, 0.15) is 39.2 Å². The number of nitro benzene ring substituents is 1. The summed E-state index contributed by atoms with van der Waals surface area (Å²) in [5.74, 6) is -2.74. The number of nitro groups is 1. The van der Waals surface area contributed by atoms with E-state index < -0.39 is 28.5 Å². The number of hydrogen-bond acceptors (Lipinski definition) is 8. The number of aromatic hydroxyl groups is 1. The zero-order valence-electron chi connectivity index (χ0n) is 16.1. The number of phenols is 1. The van der Waals surface area contributed by atoms with Gasteiger partial charge in [-0.3, -0.25) is 10.1 Å². The fraction of sp³-hybridized carbons (Fsp3) is 0.368. The lowest BCUT2D eigenvalue weighted by atomic mass is 9.80. The average Bonchev–Trinajstić information content (AvgIpc) is 2.61. The van der Waals surface area contributed by atoms with Crippen LogP contribution < -0.4 is 5.32 Å². The molecule has 0 spiro atoms. The van der Waals surface area contributed by atoms with Gasteiger partial charge >= 0.3 is 11.9 Å². The van der Waals surface area contributed by atoms with E-state index in [0.29, 0.717) is 11.4 Å². The van der Waals surface area contributed by atoms with Crippen molar-refractivity contribution < 1.29 is 29.1 Å². The fourth-order valence-corrected chi connectivity index (χ4v) is 3.15. The minimum absolute atomic E-state index is 0.117. The predicted molar refractivity (Wildman–Crippen MR) is 99.3 cm³/mol. The zero-order valence-corrected chi connectivity index (χ0v) is 16.1. The smallest absolute Gasteiger partial charge is 0.336 e. The Kier molecular flexibility index (Phi) is 6.40. The molecule has 0 amide bonds. The number of non-ortho nitro benzene ring substituents is 1. The van der Waals surface area contributed by atoms with Crippen molar-refractivity contribution in [2.75, 3.05) is 13.2 Å². The lowest BCUT2D eigenvalue weighted by molar-refractivity contribution is -0.384. The second kappa shape index (κ2) is 8.55. The molecule has 2 rings (SSSR count). The second-order valence-electron chi connectivity index (χ2n) is 6.08. The summed E-state index contributed by atoms with van der Waals surface area (Å²) >= 11 is 0. The van der Waals surface area contributed by atoms with Gasteiger partial charge in [-0.1, -0.05) is 0 Å². The van der Waals surface area contributed by atoms with Gasteiger partial charge in [0, 0.05) is 23.0 Å². The number of hydrogen-bond donors (Lipinski definition) is 2. The molecule has 0 saturated heterocycles. The third-order valence-electron chi connectivity index (χ3n) is 4.29. The maximum Gasteiger partial charge on any atom is 0.336 e. The van der Waals surface area contributed by atoms with Gasteiger partial charge in [-0.2, -0.15) is 0 Å². The van der Waals surface area contributed by atoms with Gasteiger partial charge in [-0.05, 0) is 33.8 Å². The maximum absolute atomic E-state index is 12.6. The van der Waals surface area contributed by atoms with Gasteiger partial charge in [-0.15, -0.1) is 0 Å². The van der Waals surface area contributed by atoms with Gasteiger partial charge in [0.1, 0.15) is 5.75 Å². The molecule has 9 heteroatoms. The molecule has 1 aromatic carbocycles. The monoisotopic (exact) mass is 390 g/mol. The Morgan fingerprint density at radius 1 is 1.11 bits per heavy atom. The Bertz CT molecular complexity index is 846.